The van der Waals surface area contributed by atoms with Crippen molar-refractivity contribution in [3.63, 3.8) is 0 Å². The Kier molecular flexibility index (Phi) is 2.96. The molecule has 0 radical (unpaired) electrons. The van der Waals surface area contributed by atoms with Crippen LogP contribution < -0.4 is 11.3 Å². The molecule has 0 spiro atoms. The van der Waals surface area contributed by atoms with Crippen molar-refractivity contribution in [2.75, 3.05) is 18.9 Å². The first-order chi connectivity index (χ1) is 10.4. The van der Waals surface area contributed by atoms with Gasteiger partial charge in [-0.15, -0.1) is 6.42 Å². The lowest BCUT2D eigenvalue weighted by molar-refractivity contribution is -0.0649. The van der Waals surface area contributed by atoms with Gasteiger partial charge in [0.25, 0.3) is 5.56 Å². The van der Waals surface area contributed by atoms with E-state index in [1.807, 2.05) is 0 Å². The van der Waals surface area contributed by atoms with Gasteiger partial charge < -0.3 is 20.7 Å². The molecule has 3 heterocycles. The number of hydrogen-bond acceptors (Lipinski definition) is 7. The van der Waals surface area contributed by atoms with Gasteiger partial charge in [0.15, 0.2) is 17.3 Å². The Morgan fingerprint density at radius 2 is 2.45 bits per heavy atom. The van der Waals surface area contributed by atoms with Gasteiger partial charge in [-0.2, -0.15) is 4.98 Å². The maximum atomic E-state index is 14.7. The van der Waals surface area contributed by atoms with E-state index in [0.29, 0.717) is 0 Å². The Bertz CT molecular complexity index is 842. The topological polar surface area (TPSA) is 139 Å². The number of hydrogen-bond donors (Lipinski definition) is 4. The zero-order valence-electron chi connectivity index (χ0n) is 11.2. The first kappa shape index (κ1) is 14.5. The summed E-state index contributed by atoms with van der Waals surface area (Å²) in [6.07, 6.45) is 4.29. The monoisotopic (exact) mass is 309 g/mol. The van der Waals surface area contributed by atoms with Crippen molar-refractivity contribution in [2.24, 2.45) is 0 Å². The van der Waals surface area contributed by atoms with E-state index in [9.17, 15) is 14.3 Å². The fourth-order valence-corrected chi connectivity index (χ4v) is 2.42. The van der Waals surface area contributed by atoms with Crippen molar-refractivity contribution in [3.05, 3.63) is 16.7 Å². The molecule has 0 bridgehead atoms. The van der Waals surface area contributed by atoms with Gasteiger partial charge in [0, 0.05) is 0 Å². The van der Waals surface area contributed by atoms with Crippen LogP contribution >= 0.6 is 0 Å². The van der Waals surface area contributed by atoms with Crippen LogP contribution in [0.4, 0.5) is 10.3 Å². The first-order valence-electron chi connectivity index (χ1n) is 6.20. The molecular formula is C12H12FN5O4. The van der Waals surface area contributed by atoms with E-state index in [-0.39, 0.29) is 17.1 Å². The van der Waals surface area contributed by atoms with Gasteiger partial charge in [-0.05, 0) is 5.92 Å². The van der Waals surface area contributed by atoms with E-state index in [1.54, 1.807) is 0 Å². The van der Waals surface area contributed by atoms with Gasteiger partial charge in [-0.3, -0.25) is 14.3 Å². The number of nitrogen functional groups attached to an aromatic ring is 1. The third-order valence-electron chi connectivity index (χ3n) is 3.62. The Morgan fingerprint density at radius 3 is 3.05 bits per heavy atom. The molecule has 2 aromatic heterocycles. The molecule has 3 atom stereocenters. The minimum Gasteiger partial charge on any atom is -0.393 e. The number of nitrogens with two attached hydrogens (primary N) is 1. The third kappa shape index (κ3) is 1.67. The van der Waals surface area contributed by atoms with Crippen LogP contribution in [0.5, 0.6) is 0 Å². The molecule has 5 N–H and O–H groups in total. The Labute approximate surface area is 122 Å². The van der Waals surface area contributed by atoms with Crippen LogP contribution in [0.2, 0.25) is 0 Å². The number of rotatable bonds is 2. The minimum atomic E-state index is -2.17. The van der Waals surface area contributed by atoms with Gasteiger partial charge in [0.05, 0.1) is 13.2 Å². The molecule has 0 aromatic carbocycles. The molecule has 1 aliphatic rings. The van der Waals surface area contributed by atoms with E-state index in [2.05, 4.69) is 20.9 Å². The van der Waals surface area contributed by atoms with Crippen LogP contribution in [0, 0.1) is 12.3 Å². The molecule has 0 amide bonds. The summed E-state index contributed by atoms with van der Waals surface area (Å²) in [4.78, 5) is 21.7. The van der Waals surface area contributed by atoms with E-state index in [1.165, 1.54) is 0 Å². The maximum Gasteiger partial charge on any atom is 0.280 e. The first-order valence-corrected chi connectivity index (χ1v) is 6.20. The molecule has 22 heavy (non-hydrogen) atoms. The van der Waals surface area contributed by atoms with Gasteiger partial charge in [0.1, 0.15) is 11.9 Å². The molecule has 1 aliphatic heterocycles. The summed E-state index contributed by atoms with van der Waals surface area (Å²) >= 11 is 0. The highest BCUT2D eigenvalue weighted by molar-refractivity contribution is 5.71. The number of aliphatic hydroxyl groups excluding tert-OH is 1. The molecule has 116 valence electrons. The van der Waals surface area contributed by atoms with E-state index < -0.39 is 36.3 Å². The second kappa shape index (κ2) is 4.51. The minimum absolute atomic E-state index is 0.0935. The largest absolute Gasteiger partial charge is 0.393 e. The van der Waals surface area contributed by atoms with Crippen molar-refractivity contribution >= 4 is 17.1 Å². The van der Waals surface area contributed by atoms with Crippen molar-refractivity contribution in [3.8, 4) is 12.3 Å². The lowest BCUT2D eigenvalue weighted by Gasteiger charge is -2.29. The number of ether oxygens (including phenoxy) is 1. The number of imidazole rings is 1. The molecule has 10 heteroatoms. The number of H-pyrrole nitrogens is 1. The van der Waals surface area contributed by atoms with Crippen molar-refractivity contribution < 1.29 is 19.3 Å². The van der Waals surface area contributed by atoms with Gasteiger partial charge in [0.2, 0.25) is 11.7 Å². The number of halogens is 1. The summed E-state index contributed by atoms with van der Waals surface area (Å²) < 4.78 is 21.0. The van der Waals surface area contributed by atoms with Crippen LogP contribution in [-0.4, -0.2) is 54.7 Å². The lowest BCUT2D eigenvalue weighted by atomic mass is 9.95. The summed E-state index contributed by atoms with van der Waals surface area (Å²) in [5.74, 6) is 1.90. The molecule has 9 nitrogen and oxygen atoms in total. The highest BCUT2D eigenvalue weighted by Gasteiger charge is 2.60. The number of nitrogens with zero attached hydrogens (tertiary/aromatic N) is 3. The Morgan fingerprint density at radius 1 is 1.73 bits per heavy atom. The maximum absolute atomic E-state index is 14.7. The van der Waals surface area contributed by atoms with Gasteiger partial charge in [-0.25, -0.2) is 9.37 Å². The highest BCUT2D eigenvalue weighted by atomic mass is 19.1. The normalized spacial score (nSPS) is 31.5. The van der Waals surface area contributed by atoms with E-state index in [0.717, 1.165) is 10.9 Å². The fraction of sp³-hybridized carbons (Fsp3) is 0.417. The van der Waals surface area contributed by atoms with Crippen LogP contribution in [-0.2, 0) is 10.5 Å². The van der Waals surface area contributed by atoms with Crippen LogP contribution in [0.15, 0.2) is 11.1 Å². The smallest absolute Gasteiger partial charge is 0.280 e. The number of fused-ring (bicyclic) bond motifs is 1. The molecule has 3 rings (SSSR count). The number of aromatic nitrogens is 4. The molecule has 0 saturated carbocycles. The third-order valence-corrected chi connectivity index (χ3v) is 3.62. The number of anilines is 1. The number of nitrogens with one attached hydrogen (secondary N) is 1. The standard InChI is InChI=1S/C12H12FN5O4/c1-2-12(9(13)11(21,3-19)4-22-12)18-5-15-6-7(18)16-10(14)17-8(6)20/h1,5,9,19,21H,3-4H2,(H3,14,16,17,20). The average Bonchev–Trinajstić information content (AvgIpc) is 3.02. The lowest BCUT2D eigenvalue weighted by Crippen LogP contribution is -2.50. The van der Waals surface area contributed by atoms with Crippen molar-refractivity contribution in [1.29, 1.82) is 0 Å². The molecule has 1 fully saturated rings. The van der Waals surface area contributed by atoms with Crippen LogP contribution in [0.3, 0.4) is 0 Å². The quantitative estimate of drug-likeness (QED) is 0.474. The molecule has 2 aromatic rings. The van der Waals surface area contributed by atoms with Crippen LogP contribution in [0.1, 0.15) is 0 Å². The SMILES string of the molecule is C#CC1(n2cnc3c(=O)[nH]c(N)nc32)OCC(O)(CO)C1F. The summed E-state index contributed by atoms with van der Waals surface area (Å²) in [6, 6.07) is 0. The highest BCUT2D eigenvalue weighted by Crippen LogP contribution is 2.40. The number of aromatic amines is 1. The van der Waals surface area contributed by atoms with Crippen molar-refractivity contribution in [1.82, 2.24) is 19.5 Å². The number of terminal acetylenes is 1. The van der Waals surface area contributed by atoms with Crippen molar-refractivity contribution in [2.45, 2.75) is 17.5 Å². The molecule has 3 unspecified atom stereocenters. The zero-order valence-corrected chi connectivity index (χ0v) is 11.2. The van der Waals surface area contributed by atoms with Gasteiger partial charge in [-0.1, -0.05) is 0 Å². The second-order valence-electron chi connectivity index (χ2n) is 4.99. The molecule has 0 aliphatic carbocycles. The zero-order chi connectivity index (χ0) is 16.1. The summed E-state index contributed by atoms with van der Waals surface area (Å²) in [6.45, 7) is -1.42. The van der Waals surface area contributed by atoms with E-state index >= 15 is 0 Å². The van der Waals surface area contributed by atoms with Crippen LogP contribution in [0.25, 0.3) is 11.2 Å². The van der Waals surface area contributed by atoms with E-state index in [4.69, 9.17) is 22.0 Å². The Balaban J connectivity index is 2.26. The molecular weight excluding hydrogens is 297 g/mol. The fourth-order valence-electron chi connectivity index (χ4n) is 2.42. The number of alkyl halides is 1. The summed E-state index contributed by atoms with van der Waals surface area (Å²) in [5.41, 5.74) is 0.367. The second-order valence-corrected chi connectivity index (χ2v) is 4.99. The number of aliphatic hydroxyl groups is 2. The van der Waals surface area contributed by atoms with Gasteiger partial charge >= 0.3 is 0 Å². The average molecular weight is 309 g/mol. The Hall–Kier alpha value is -2.48. The summed E-state index contributed by atoms with van der Waals surface area (Å²) in [7, 11) is 0. The predicted octanol–water partition coefficient (Wildman–Crippen LogP) is -1.92. The molecule has 1 saturated heterocycles. The summed E-state index contributed by atoms with van der Waals surface area (Å²) in [5, 5.41) is 19.2. The predicted molar refractivity (Wildman–Crippen MR) is 72.3 cm³/mol.